The molecule has 0 saturated carbocycles. The first-order chi connectivity index (χ1) is 9.29. The van der Waals surface area contributed by atoms with Crippen LogP contribution in [0.2, 0.25) is 0 Å². The normalized spacial score (nSPS) is 15.5. The Hall–Kier alpha value is -0.470. The lowest BCUT2D eigenvalue weighted by Gasteiger charge is -2.13. The average Bonchev–Trinajstić information content (AvgIpc) is 2.86. The highest BCUT2D eigenvalue weighted by atomic mass is 32.2. The SMILES string of the molecule is CCCCCNCC(C)Sc1ccc2c(c1)CCC2. The van der Waals surface area contributed by atoms with Gasteiger partial charge < -0.3 is 5.32 Å². The highest BCUT2D eigenvalue weighted by molar-refractivity contribution is 8.00. The molecule has 2 rings (SSSR count). The molecule has 106 valence electrons. The third kappa shape index (κ3) is 4.85. The van der Waals surface area contributed by atoms with Gasteiger partial charge in [-0.05, 0) is 55.5 Å². The molecule has 1 aliphatic carbocycles. The van der Waals surface area contributed by atoms with Crippen molar-refractivity contribution in [1.29, 1.82) is 0 Å². The molecule has 1 aromatic carbocycles. The lowest BCUT2D eigenvalue weighted by atomic mass is 10.1. The van der Waals surface area contributed by atoms with Crippen molar-refractivity contribution in [2.24, 2.45) is 0 Å². The van der Waals surface area contributed by atoms with Gasteiger partial charge >= 0.3 is 0 Å². The van der Waals surface area contributed by atoms with Crippen LogP contribution < -0.4 is 5.32 Å². The van der Waals surface area contributed by atoms with Crippen LogP contribution in [0.3, 0.4) is 0 Å². The number of benzene rings is 1. The van der Waals surface area contributed by atoms with Crippen LogP contribution in [0.5, 0.6) is 0 Å². The summed E-state index contributed by atoms with van der Waals surface area (Å²) in [7, 11) is 0. The van der Waals surface area contributed by atoms with Crippen molar-refractivity contribution in [2.45, 2.75) is 62.5 Å². The molecule has 0 saturated heterocycles. The van der Waals surface area contributed by atoms with Crippen LogP contribution in [-0.4, -0.2) is 18.3 Å². The van der Waals surface area contributed by atoms with E-state index in [-0.39, 0.29) is 0 Å². The maximum absolute atomic E-state index is 3.57. The molecule has 1 atom stereocenters. The van der Waals surface area contributed by atoms with Gasteiger partial charge in [-0.3, -0.25) is 0 Å². The molecule has 0 bridgehead atoms. The number of rotatable bonds is 8. The van der Waals surface area contributed by atoms with Crippen LogP contribution in [0.4, 0.5) is 0 Å². The number of fused-ring (bicyclic) bond motifs is 1. The van der Waals surface area contributed by atoms with E-state index in [0.29, 0.717) is 5.25 Å². The Morgan fingerprint density at radius 3 is 2.89 bits per heavy atom. The topological polar surface area (TPSA) is 12.0 Å². The summed E-state index contributed by atoms with van der Waals surface area (Å²) in [6, 6.07) is 7.06. The zero-order chi connectivity index (χ0) is 13.5. The van der Waals surface area contributed by atoms with Crippen molar-refractivity contribution in [1.82, 2.24) is 5.32 Å². The maximum atomic E-state index is 3.57. The first-order valence-electron chi connectivity index (χ1n) is 7.78. The molecule has 1 nitrogen and oxygen atoms in total. The molecular formula is C17H27NS. The second kappa shape index (κ2) is 7.96. The van der Waals surface area contributed by atoms with Crippen molar-refractivity contribution in [3.05, 3.63) is 29.3 Å². The largest absolute Gasteiger partial charge is 0.316 e. The van der Waals surface area contributed by atoms with Gasteiger partial charge in [0.2, 0.25) is 0 Å². The zero-order valence-electron chi connectivity index (χ0n) is 12.4. The molecule has 19 heavy (non-hydrogen) atoms. The summed E-state index contributed by atoms with van der Waals surface area (Å²) in [5.41, 5.74) is 3.17. The minimum atomic E-state index is 0.654. The van der Waals surface area contributed by atoms with E-state index in [0.717, 1.165) is 6.54 Å². The smallest absolute Gasteiger partial charge is 0.0191 e. The molecule has 0 fully saturated rings. The molecule has 1 aliphatic rings. The van der Waals surface area contributed by atoms with Crippen LogP contribution in [0, 0.1) is 0 Å². The zero-order valence-corrected chi connectivity index (χ0v) is 13.2. The summed E-state index contributed by atoms with van der Waals surface area (Å²) in [5.74, 6) is 0. The summed E-state index contributed by atoms with van der Waals surface area (Å²) in [6.45, 7) is 6.87. The van der Waals surface area contributed by atoms with Gasteiger partial charge in [0.1, 0.15) is 0 Å². The van der Waals surface area contributed by atoms with Crippen LogP contribution in [0.25, 0.3) is 0 Å². The maximum Gasteiger partial charge on any atom is 0.0191 e. The standard InChI is InChI=1S/C17H27NS/c1-3-4-5-11-18-13-14(2)19-17-10-9-15-7-6-8-16(15)12-17/h9-10,12,14,18H,3-8,11,13H2,1-2H3. The summed E-state index contributed by atoms with van der Waals surface area (Å²) < 4.78 is 0. The summed E-state index contributed by atoms with van der Waals surface area (Å²) in [5, 5.41) is 4.23. The van der Waals surface area contributed by atoms with E-state index in [4.69, 9.17) is 0 Å². The minimum Gasteiger partial charge on any atom is -0.316 e. The Morgan fingerprint density at radius 1 is 1.21 bits per heavy atom. The van der Waals surface area contributed by atoms with E-state index < -0.39 is 0 Å². The minimum absolute atomic E-state index is 0.654. The Morgan fingerprint density at radius 2 is 2.05 bits per heavy atom. The summed E-state index contributed by atoms with van der Waals surface area (Å²) in [6.07, 6.45) is 7.88. The predicted molar refractivity (Wildman–Crippen MR) is 86.2 cm³/mol. The molecule has 1 N–H and O–H groups in total. The van der Waals surface area contributed by atoms with Crippen LogP contribution in [0.1, 0.15) is 50.7 Å². The Bertz CT molecular complexity index is 389. The Balaban J connectivity index is 1.71. The van der Waals surface area contributed by atoms with Gasteiger partial charge in [-0.15, -0.1) is 11.8 Å². The van der Waals surface area contributed by atoms with E-state index in [1.807, 2.05) is 11.8 Å². The monoisotopic (exact) mass is 277 g/mol. The van der Waals surface area contributed by atoms with E-state index in [2.05, 4.69) is 37.4 Å². The molecule has 2 heteroatoms. The molecule has 0 heterocycles. The van der Waals surface area contributed by atoms with Gasteiger partial charge in [0.25, 0.3) is 0 Å². The molecule has 1 unspecified atom stereocenters. The van der Waals surface area contributed by atoms with Crippen molar-refractivity contribution in [3.63, 3.8) is 0 Å². The highest BCUT2D eigenvalue weighted by Gasteiger charge is 2.12. The number of nitrogens with one attached hydrogen (secondary N) is 1. The van der Waals surface area contributed by atoms with E-state index in [1.165, 1.54) is 50.0 Å². The number of thioether (sulfide) groups is 1. The molecule has 0 aromatic heterocycles. The average molecular weight is 277 g/mol. The van der Waals surface area contributed by atoms with Gasteiger partial charge in [-0.25, -0.2) is 0 Å². The molecule has 1 aromatic rings. The van der Waals surface area contributed by atoms with Gasteiger partial charge in [-0.1, -0.05) is 32.8 Å². The van der Waals surface area contributed by atoms with E-state index in [9.17, 15) is 0 Å². The summed E-state index contributed by atoms with van der Waals surface area (Å²) >= 11 is 2.01. The van der Waals surface area contributed by atoms with E-state index in [1.54, 1.807) is 11.1 Å². The second-order valence-electron chi connectivity index (χ2n) is 5.62. The van der Waals surface area contributed by atoms with Crippen molar-refractivity contribution in [3.8, 4) is 0 Å². The number of unbranched alkanes of at least 4 members (excludes halogenated alkanes) is 2. The molecule has 0 aliphatic heterocycles. The molecular weight excluding hydrogens is 250 g/mol. The fraction of sp³-hybridized carbons (Fsp3) is 0.647. The first kappa shape index (κ1) is 14.9. The van der Waals surface area contributed by atoms with Gasteiger partial charge in [0.15, 0.2) is 0 Å². The van der Waals surface area contributed by atoms with Gasteiger partial charge in [0, 0.05) is 16.7 Å². The molecule has 0 radical (unpaired) electrons. The quantitative estimate of drug-likeness (QED) is 0.557. The van der Waals surface area contributed by atoms with Crippen molar-refractivity contribution < 1.29 is 0 Å². The number of aryl methyl sites for hydroxylation is 2. The predicted octanol–water partition coefficient (Wildman–Crippen LogP) is 4.44. The van der Waals surface area contributed by atoms with Crippen LogP contribution in [-0.2, 0) is 12.8 Å². The Kier molecular flexibility index (Phi) is 6.25. The van der Waals surface area contributed by atoms with Crippen molar-refractivity contribution in [2.75, 3.05) is 13.1 Å². The molecule has 0 spiro atoms. The Labute approximate surface area is 122 Å². The van der Waals surface area contributed by atoms with Gasteiger partial charge in [-0.2, -0.15) is 0 Å². The van der Waals surface area contributed by atoms with Gasteiger partial charge in [0.05, 0.1) is 0 Å². The third-order valence-corrected chi connectivity index (χ3v) is 4.89. The van der Waals surface area contributed by atoms with Crippen LogP contribution in [0.15, 0.2) is 23.1 Å². The number of hydrogen-bond acceptors (Lipinski definition) is 2. The summed E-state index contributed by atoms with van der Waals surface area (Å²) in [4.78, 5) is 1.45. The fourth-order valence-electron chi connectivity index (χ4n) is 2.70. The molecule has 0 amide bonds. The third-order valence-electron chi connectivity index (χ3n) is 3.80. The first-order valence-corrected chi connectivity index (χ1v) is 8.66. The second-order valence-corrected chi connectivity index (χ2v) is 7.14. The van der Waals surface area contributed by atoms with Crippen LogP contribution >= 0.6 is 11.8 Å². The van der Waals surface area contributed by atoms with E-state index >= 15 is 0 Å². The lowest BCUT2D eigenvalue weighted by Crippen LogP contribution is -2.23. The fourth-order valence-corrected chi connectivity index (χ4v) is 3.72. The van der Waals surface area contributed by atoms with Crippen molar-refractivity contribution >= 4 is 11.8 Å². The highest BCUT2D eigenvalue weighted by Crippen LogP contribution is 2.29. The number of hydrogen-bond donors (Lipinski definition) is 1. The lowest BCUT2D eigenvalue weighted by molar-refractivity contribution is 0.616.